The first-order chi connectivity index (χ1) is 20.1. The second-order valence-electron chi connectivity index (χ2n) is 10.6. The lowest BCUT2D eigenvalue weighted by Gasteiger charge is -2.26. The maximum atomic E-state index is 13.6. The van der Waals surface area contributed by atoms with Gasteiger partial charge >= 0.3 is 6.18 Å². The van der Waals surface area contributed by atoms with Gasteiger partial charge in [-0.05, 0) is 75.2 Å². The van der Waals surface area contributed by atoms with Gasteiger partial charge in [-0.25, -0.2) is 14.4 Å². The first-order valence-electron chi connectivity index (χ1n) is 14.1. The Hall–Kier alpha value is -3.77. The molecule has 2 aliphatic rings. The summed E-state index contributed by atoms with van der Waals surface area (Å²) in [6.45, 7) is 6.17. The molecule has 3 atom stereocenters. The van der Waals surface area contributed by atoms with Crippen LogP contribution in [0.5, 0.6) is 5.88 Å². The van der Waals surface area contributed by atoms with Gasteiger partial charge in [0.1, 0.15) is 5.82 Å². The molecule has 2 unspecified atom stereocenters. The van der Waals surface area contributed by atoms with Crippen molar-refractivity contribution in [3.05, 3.63) is 71.3 Å². The van der Waals surface area contributed by atoms with Crippen molar-refractivity contribution in [2.45, 2.75) is 57.5 Å². The van der Waals surface area contributed by atoms with Crippen molar-refractivity contribution in [2.75, 3.05) is 31.1 Å². The molecule has 0 bridgehead atoms. The molecule has 1 aromatic carbocycles. The Morgan fingerprint density at radius 1 is 1.19 bits per heavy atom. The lowest BCUT2D eigenvalue weighted by molar-refractivity contribution is -0.138. The van der Waals surface area contributed by atoms with E-state index >= 15 is 0 Å². The molecule has 42 heavy (non-hydrogen) atoms. The monoisotopic (exact) mass is 586 g/mol. The predicted molar refractivity (Wildman–Crippen MR) is 151 cm³/mol. The Labute approximate surface area is 241 Å². The molecule has 0 spiro atoms. The summed E-state index contributed by atoms with van der Waals surface area (Å²) in [4.78, 5) is 24.8. The van der Waals surface area contributed by atoms with Crippen molar-refractivity contribution in [1.29, 1.82) is 0 Å². The molecular weight excluding hydrogens is 552 g/mol. The molecule has 0 radical (unpaired) electrons. The van der Waals surface area contributed by atoms with E-state index in [-0.39, 0.29) is 41.8 Å². The van der Waals surface area contributed by atoms with E-state index in [1.165, 1.54) is 6.07 Å². The Morgan fingerprint density at radius 2 is 2.02 bits per heavy atom. The number of ether oxygens (including phenoxy) is 1. The van der Waals surface area contributed by atoms with Crippen LogP contribution < -0.4 is 25.6 Å². The molecule has 5 rings (SSSR count). The predicted octanol–water partition coefficient (Wildman–Crippen LogP) is 4.55. The van der Waals surface area contributed by atoms with Crippen molar-refractivity contribution in [3.63, 3.8) is 0 Å². The first kappa shape index (κ1) is 29.7. The lowest BCUT2D eigenvalue weighted by Crippen LogP contribution is -2.39. The Morgan fingerprint density at radius 3 is 2.76 bits per heavy atom. The Bertz CT molecular complexity index is 1410. The smallest absolute Gasteiger partial charge is 0.416 e. The molecule has 224 valence electrons. The summed E-state index contributed by atoms with van der Waals surface area (Å²) in [6, 6.07) is 9.82. The molecule has 4 heterocycles. The minimum absolute atomic E-state index is 0.0165. The fourth-order valence-electron chi connectivity index (χ4n) is 5.61. The molecule has 0 aliphatic carbocycles. The van der Waals surface area contributed by atoms with Crippen LogP contribution in [-0.4, -0.2) is 60.2 Å². The minimum atomic E-state index is -4.66. The summed E-state index contributed by atoms with van der Waals surface area (Å²) in [6.07, 6.45) is -1.58. The van der Waals surface area contributed by atoms with Crippen LogP contribution in [0, 0.1) is 5.82 Å². The lowest BCUT2D eigenvalue weighted by atomic mass is 10.1. The van der Waals surface area contributed by atoms with Gasteiger partial charge in [-0.1, -0.05) is 6.07 Å². The van der Waals surface area contributed by atoms with Gasteiger partial charge in [0.05, 0.1) is 29.1 Å². The summed E-state index contributed by atoms with van der Waals surface area (Å²) in [5, 5.41) is 9.54. The number of hydrogen-bond acceptors (Lipinski definition) is 7. The highest BCUT2D eigenvalue weighted by Crippen LogP contribution is 2.35. The van der Waals surface area contributed by atoms with Crippen LogP contribution >= 0.6 is 0 Å². The van der Waals surface area contributed by atoms with Gasteiger partial charge in [-0.15, -0.1) is 0 Å². The number of pyridine rings is 2. The molecule has 2 aromatic heterocycles. The Kier molecular flexibility index (Phi) is 8.93. The third-order valence-corrected chi connectivity index (χ3v) is 7.66. The summed E-state index contributed by atoms with van der Waals surface area (Å²) in [5.41, 5.74) is 1.10. The summed E-state index contributed by atoms with van der Waals surface area (Å²) < 4.78 is 59.7. The molecule has 12 heteroatoms. The molecule has 3 N–H and O–H groups in total. The summed E-state index contributed by atoms with van der Waals surface area (Å²) >= 11 is 0. The highest BCUT2D eigenvalue weighted by Gasteiger charge is 2.36. The van der Waals surface area contributed by atoms with Gasteiger partial charge < -0.3 is 25.6 Å². The van der Waals surface area contributed by atoms with Crippen LogP contribution in [0.15, 0.2) is 48.7 Å². The molecule has 2 saturated heterocycles. The van der Waals surface area contributed by atoms with Gasteiger partial charge in [0.2, 0.25) is 5.88 Å². The average molecular weight is 587 g/mol. The second-order valence-corrected chi connectivity index (χ2v) is 10.6. The van der Waals surface area contributed by atoms with Crippen LogP contribution in [-0.2, 0) is 12.7 Å². The number of halogens is 4. The number of carbonyl (C=O) groups is 1. The number of amides is 1. The van der Waals surface area contributed by atoms with E-state index < -0.39 is 17.6 Å². The van der Waals surface area contributed by atoms with Crippen molar-refractivity contribution < 1.29 is 27.1 Å². The van der Waals surface area contributed by atoms with E-state index in [0.29, 0.717) is 55.0 Å². The van der Waals surface area contributed by atoms with E-state index in [0.717, 1.165) is 19.0 Å². The fourth-order valence-corrected chi connectivity index (χ4v) is 5.61. The Balaban J connectivity index is 1.40. The van der Waals surface area contributed by atoms with Crippen LogP contribution in [0.2, 0.25) is 0 Å². The molecule has 1 amide bonds. The zero-order valence-corrected chi connectivity index (χ0v) is 23.5. The molecule has 8 nitrogen and oxygen atoms in total. The standard InChI is InChI=1S/C30H34F4N6O2/c1-3-42-29-23(5-4-11-36-29)25-8-9-26(27(39-25)28(41)38-21-10-12-35-16-21)40-17-22(13-18(40)2)37-15-19-6-7-20(31)14-24(19)30(32,33)34/h4-9,11,14,18,21-22,35,37H,3,10,12-13,15-17H2,1-2H3,(H,38,41)/t18?,21-,22?/m1/s1. The molecule has 0 saturated carbocycles. The van der Waals surface area contributed by atoms with Crippen molar-refractivity contribution >= 4 is 11.6 Å². The highest BCUT2D eigenvalue weighted by atomic mass is 19.4. The summed E-state index contributed by atoms with van der Waals surface area (Å²) in [7, 11) is 0. The number of aromatic nitrogens is 2. The average Bonchev–Trinajstić information content (AvgIpc) is 3.61. The number of rotatable bonds is 9. The molecular formula is C30H34F4N6O2. The zero-order valence-electron chi connectivity index (χ0n) is 23.5. The first-order valence-corrected chi connectivity index (χ1v) is 14.1. The second kappa shape index (κ2) is 12.6. The van der Waals surface area contributed by atoms with E-state index in [9.17, 15) is 22.4 Å². The third-order valence-electron chi connectivity index (χ3n) is 7.66. The number of benzene rings is 1. The topological polar surface area (TPSA) is 91.4 Å². The summed E-state index contributed by atoms with van der Waals surface area (Å²) in [5.74, 6) is -0.807. The van der Waals surface area contributed by atoms with Gasteiger partial charge in [-0.3, -0.25) is 4.79 Å². The zero-order chi connectivity index (χ0) is 29.9. The maximum absolute atomic E-state index is 13.6. The van der Waals surface area contributed by atoms with E-state index in [1.54, 1.807) is 12.3 Å². The molecule has 2 fully saturated rings. The minimum Gasteiger partial charge on any atom is -0.477 e. The van der Waals surface area contributed by atoms with Crippen molar-refractivity contribution in [2.24, 2.45) is 0 Å². The van der Waals surface area contributed by atoms with Crippen LogP contribution in [0.1, 0.15) is 48.3 Å². The third kappa shape index (κ3) is 6.65. The van der Waals surface area contributed by atoms with E-state index in [2.05, 4.69) is 25.8 Å². The largest absolute Gasteiger partial charge is 0.477 e. The molecule has 3 aromatic rings. The number of nitrogens with zero attached hydrogens (tertiary/aromatic N) is 3. The van der Waals surface area contributed by atoms with Gasteiger partial charge in [0.15, 0.2) is 5.69 Å². The quantitative estimate of drug-likeness (QED) is 0.317. The van der Waals surface area contributed by atoms with E-state index in [4.69, 9.17) is 9.72 Å². The van der Waals surface area contributed by atoms with Crippen LogP contribution in [0.4, 0.5) is 23.2 Å². The van der Waals surface area contributed by atoms with Crippen LogP contribution in [0.25, 0.3) is 11.3 Å². The van der Waals surface area contributed by atoms with Gasteiger partial charge in [0.25, 0.3) is 5.91 Å². The fraction of sp³-hybridized carbons (Fsp3) is 0.433. The number of hydrogen-bond donors (Lipinski definition) is 3. The maximum Gasteiger partial charge on any atom is 0.416 e. The number of anilines is 1. The van der Waals surface area contributed by atoms with Crippen molar-refractivity contribution in [1.82, 2.24) is 25.9 Å². The SMILES string of the molecule is CCOc1ncccc1-c1ccc(N2CC(NCc3ccc(F)cc3C(F)(F)F)CC2C)c(C(=O)N[C@@H]2CCNC2)n1. The number of carbonyl (C=O) groups excluding carboxylic acids is 1. The number of alkyl halides is 3. The van der Waals surface area contributed by atoms with Crippen LogP contribution in [0.3, 0.4) is 0 Å². The molecule has 2 aliphatic heterocycles. The van der Waals surface area contributed by atoms with E-state index in [1.807, 2.05) is 32.0 Å². The van der Waals surface area contributed by atoms with Gasteiger partial charge in [-0.2, -0.15) is 13.2 Å². The number of nitrogens with one attached hydrogen (secondary N) is 3. The highest BCUT2D eigenvalue weighted by molar-refractivity contribution is 5.99. The van der Waals surface area contributed by atoms with Gasteiger partial charge in [0, 0.05) is 44.0 Å². The van der Waals surface area contributed by atoms with Crippen molar-refractivity contribution in [3.8, 4) is 17.1 Å². The normalized spacial score (nSPS) is 20.6.